The maximum atomic E-state index is 9.35. The zero-order valence-electron chi connectivity index (χ0n) is 13.6. The van der Waals surface area contributed by atoms with E-state index in [2.05, 4.69) is 59.1 Å². The monoisotopic (exact) mass is 301 g/mol. The highest BCUT2D eigenvalue weighted by atomic mass is 16.3. The zero-order chi connectivity index (χ0) is 15.5. The van der Waals surface area contributed by atoms with Crippen LogP contribution in [0.1, 0.15) is 25.8 Å². The molecule has 4 nitrogen and oxygen atoms in total. The van der Waals surface area contributed by atoms with Crippen LogP contribution in [0.25, 0.3) is 10.9 Å². The first-order valence-corrected chi connectivity index (χ1v) is 8.33. The van der Waals surface area contributed by atoms with E-state index in [0.717, 1.165) is 32.6 Å². The third-order valence-electron chi connectivity index (χ3n) is 4.81. The standard InChI is InChI=1S/C18H27N3O/c1-14(2)21-9-8-20(13-16(21)7-10-22)12-15-11-19-18-6-4-3-5-17(15)18/h3-6,11,14,16,19,22H,7-10,12-13H2,1-2H3/t16-/m0/s1. The Kier molecular flexibility index (Phi) is 4.81. The number of para-hydroxylation sites is 1. The molecule has 120 valence electrons. The van der Waals surface area contributed by atoms with Crippen molar-refractivity contribution in [3.63, 3.8) is 0 Å². The summed E-state index contributed by atoms with van der Waals surface area (Å²) < 4.78 is 0. The Morgan fingerprint density at radius 3 is 2.86 bits per heavy atom. The van der Waals surface area contributed by atoms with Gasteiger partial charge in [0, 0.05) is 62.0 Å². The Morgan fingerprint density at radius 2 is 2.09 bits per heavy atom. The summed E-state index contributed by atoms with van der Waals surface area (Å²) in [5.74, 6) is 0. The zero-order valence-corrected chi connectivity index (χ0v) is 13.6. The van der Waals surface area contributed by atoms with E-state index in [-0.39, 0.29) is 6.61 Å². The summed E-state index contributed by atoms with van der Waals surface area (Å²) in [4.78, 5) is 8.42. The molecule has 1 saturated heterocycles. The van der Waals surface area contributed by atoms with Crippen molar-refractivity contribution in [1.82, 2.24) is 14.8 Å². The molecule has 1 fully saturated rings. The summed E-state index contributed by atoms with van der Waals surface area (Å²) >= 11 is 0. The minimum Gasteiger partial charge on any atom is -0.396 e. The van der Waals surface area contributed by atoms with Gasteiger partial charge < -0.3 is 10.1 Å². The lowest BCUT2D eigenvalue weighted by molar-refractivity contribution is 0.0351. The van der Waals surface area contributed by atoms with Crippen molar-refractivity contribution >= 4 is 10.9 Å². The summed E-state index contributed by atoms with van der Waals surface area (Å²) in [7, 11) is 0. The highest BCUT2D eigenvalue weighted by Crippen LogP contribution is 2.22. The summed E-state index contributed by atoms with van der Waals surface area (Å²) in [6.45, 7) is 8.98. The molecule has 0 bridgehead atoms. The van der Waals surface area contributed by atoms with E-state index in [0.29, 0.717) is 12.1 Å². The van der Waals surface area contributed by atoms with E-state index in [1.807, 2.05) is 0 Å². The highest BCUT2D eigenvalue weighted by molar-refractivity contribution is 5.82. The van der Waals surface area contributed by atoms with Crippen LogP contribution in [0, 0.1) is 0 Å². The molecule has 1 aliphatic heterocycles. The topological polar surface area (TPSA) is 42.5 Å². The van der Waals surface area contributed by atoms with E-state index in [1.165, 1.54) is 16.5 Å². The average molecular weight is 301 g/mol. The highest BCUT2D eigenvalue weighted by Gasteiger charge is 2.28. The number of aliphatic hydroxyl groups is 1. The second kappa shape index (κ2) is 6.82. The minimum atomic E-state index is 0.273. The van der Waals surface area contributed by atoms with E-state index >= 15 is 0 Å². The van der Waals surface area contributed by atoms with Crippen LogP contribution < -0.4 is 0 Å². The number of aromatic amines is 1. The molecule has 1 aliphatic rings. The maximum Gasteiger partial charge on any atom is 0.0457 e. The number of hydrogen-bond donors (Lipinski definition) is 2. The number of hydrogen-bond acceptors (Lipinski definition) is 3. The van der Waals surface area contributed by atoms with Gasteiger partial charge in [0.25, 0.3) is 0 Å². The molecule has 2 aromatic rings. The van der Waals surface area contributed by atoms with Gasteiger partial charge in [-0.1, -0.05) is 18.2 Å². The van der Waals surface area contributed by atoms with Crippen molar-refractivity contribution in [3.8, 4) is 0 Å². The van der Waals surface area contributed by atoms with Crippen molar-refractivity contribution in [2.45, 2.75) is 38.9 Å². The van der Waals surface area contributed by atoms with Crippen LogP contribution in [0.2, 0.25) is 0 Å². The lowest BCUT2D eigenvalue weighted by Crippen LogP contribution is -2.55. The molecular formula is C18H27N3O. The molecule has 1 atom stereocenters. The van der Waals surface area contributed by atoms with Crippen LogP contribution in [0.5, 0.6) is 0 Å². The van der Waals surface area contributed by atoms with Gasteiger partial charge in [-0.05, 0) is 31.9 Å². The van der Waals surface area contributed by atoms with E-state index in [9.17, 15) is 5.11 Å². The van der Waals surface area contributed by atoms with Crippen molar-refractivity contribution in [2.75, 3.05) is 26.2 Å². The fourth-order valence-corrected chi connectivity index (χ4v) is 3.67. The van der Waals surface area contributed by atoms with E-state index in [1.54, 1.807) is 0 Å². The molecule has 0 saturated carbocycles. The number of benzene rings is 1. The number of nitrogens with zero attached hydrogens (tertiary/aromatic N) is 2. The number of piperazine rings is 1. The van der Waals surface area contributed by atoms with Crippen LogP contribution in [0.3, 0.4) is 0 Å². The lowest BCUT2D eigenvalue weighted by Gasteiger charge is -2.43. The molecule has 0 amide bonds. The van der Waals surface area contributed by atoms with Crippen LogP contribution in [0.4, 0.5) is 0 Å². The summed E-state index contributed by atoms with van der Waals surface area (Å²) in [6, 6.07) is 9.50. The molecule has 2 heterocycles. The fraction of sp³-hybridized carbons (Fsp3) is 0.556. The first-order chi connectivity index (χ1) is 10.7. The predicted octanol–water partition coefficient (Wildman–Crippen LogP) is 2.44. The Balaban J connectivity index is 1.71. The van der Waals surface area contributed by atoms with Gasteiger partial charge in [-0.3, -0.25) is 9.80 Å². The molecular weight excluding hydrogens is 274 g/mol. The van der Waals surface area contributed by atoms with Gasteiger partial charge in [-0.2, -0.15) is 0 Å². The second-order valence-corrected chi connectivity index (χ2v) is 6.59. The summed E-state index contributed by atoms with van der Waals surface area (Å²) in [5.41, 5.74) is 2.58. The lowest BCUT2D eigenvalue weighted by atomic mass is 10.1. The van der Waals surface area contributed by atoms with Crippen LogP contribution in [-0.2, 0) is 6.54 Å². The Labute approximate surface area is 132 Å². The molecule has 0 unspecified atom stereocenters. The quantitative estimate of drug-likeness (QED) is 0.891. The number of rotatable bonds is 5. The molecule has 22 heavy (non-hydrogen) atoms. The van der Waals surface area contributed by atoms with Gasteiger partial charge in [0.05, 0.1) is 0 Å². The Bertz CT molecular complexity index is 607. The third-order valence-corrected chi connectivity index (χ3v) is 4.81. The fourth-order valence-electron chi connectivity index (χ4n) is 3.67. The first-order valence-electron chi connectivity index (χ1n) is 8.33. The smallest absolute Gasteiger partial charge is 0.0457 e. The molecule has 2 N–H and O–H groups in total. The number of H-pyrrole nitrogens is 1. The van der Waals surface area contributed by atoms with Crippen molar-refractivity contribution in [2.24, 2.45) is 0 Å². The molecule has 0 radical (unpaired) electrons. The normalized spacial score (nSPS) is 21.0. The number of nitrogens with one attached hydrogen (secondary N) is 1. The number of fused-ring (bicyclic) bond motifs is 1. The molecule has 1 aromatic carbocycles. The molecule has 0 spiro atoms. The third kappa shape index (κ3) is 3.19. The van der Waals surface area contributed by atoms with E-state index in [4.69, 9.17) is 0 Å². The molecule has 1 aromatic heterocycles. The van der Waals surface area contributed by atoms with Crippen molar-refractivity contribution in [1.29, 1.82) is 0 Å². The average Bonchev–Trinajstić information content (AvgIpc) is 2.91. The van der Waals surface area contributed by atoms with Gasteiger partial charge >= 0.3 is 0 Å². The second-order valence-electron chi connectivity index (χ2n) is 6.59. The predicted molar refractivity (Wildman–Crippen MR) is 90.9 cm³/mol. The van der Waals surface area contributed by atoms with Gasteiger partial charge in [0.2, 0.25) is 0 Å². The minimum absolute atomic E-state index is 0.273. The Hall–Kier alpha value is -1.36. The van der Waals surface area contributed by atoms with Gasteiger partial charge in [0.1, 0.15) is 0 Å². The van der Waals surface area contributed by atoms with Crippen LogP contribution in [0.15, 0.2) is 30.5 Å². The van der Waals surface area contributed by atoms with Crippen molar-refractivity contribution in [3.05, 3.63) is 36.0 Å². The number of aliphatic hydroxyl groups excluding tert-OH is 1. The molecule has 4 heteroatoms. The van der Waals surface area contributed by atoms with E-state index < -0.39 is 0 Å². The van der Waals surface area contributed by atoms with Crippen LogP contribution >= 0.6 is 0 Å². The summed E-state index contributed by atoms with van der Waals surface area (Å²) in [6.07, 6.45) is 3.00. The number of aromatic nitrogens is 1. The molecule has 0 aliphatic carbocycles. The van der Waals surface area contributed by atoms with Crippen molar-refractivity contribution < 1.29 is 5.11 Å². The summed E-state index contributed by atoms with van der Waals surface area (Å²) in [5, 5.41) is 10.7. The largest absolute Gasteiger partial charge is 0.396 e. The van der Waals surface area contributed by atoms with Crippen LogP contribution in [-0.4, -0.2) is 58.2 Å². The molecule has 3 rings (SSSR count). The first kappa shape index (κ1) is 15.5. The van der Waals surface area contributed by atoms with Gasteiger partial charge in [-0.25, -0.2) is 0 Å². The van der Waals surface area contributed by atoms with Gasteiger partial charge in [0.15, 0.2) is 0 Å². The SMILES string of the molecule is CC(C)N1CCN(Cc2c[nH]c3ccccc23)C[C@@H]1CCO. The Morgan fingerprint density at radius 1 is 1.27 bits per heavy atom. The van der Waals surface area contributed by atoms with Gasteiger partial charge in [-0.15, -0.1) is 0 Å². The maximum absolute atomic E-state index is 9.35.